The Morgan fingerprint density at radius 1 is 0.306 bits per heavy atom. The van der Waals surface area contributed by atoms with E-state index >= 15 is 0 Å². The second-order valence-corrected chi connectivity index (χ2v) is 12.8. The van der Waals surface area contributed by atoms with Crippen LogP contribution in [0.3, 0.4) is 0 Å². The van der Waals surface area contributed by atoms with Crippen LogP contribution in [0, 0.1) is 0 Å². The minimum Gasteiger partial charge on any atom is -0.455 e. The molecule has 0 amide bonds. The molecule has 10 aromatic rings. The Balaban J connectivity index is 1.37. The van der Waals surface area contributed by atoms with Crippen molar-refractivity contribution in [2.45, 2.75) is 0 Å². The minimum absolute atomic E-state index is 0.903. The molecule has 0 fully saturated rings. The lowest BCUT2D eigenvalue weighted by atomic mass is 9.82. The van der Waals surface area contributed by atoms with Crippen LogP contribution in [0.4, 0.5) is 0 Å². The monoisotopic (exact) mass is 622 g/mol. The van der Waals surface area contributed by atoms with Crippen LogP contribution in [0.15, 0.2) is 186 Å². The maximum absolute atomic E-state index is 6.69. The van der Waals surface area contributed by atoms with E-state index in [1.54, 1.807) is 0 Å². The molecule has 49 heavy (non-hydrogen) atoms. The SMILES string of the molecule is c1ccc(-c2ccc3c(-c4cccc5oc6c7ccccc7ccc6c45)c4ccccc4c(-c4ccccc4-c4ccccc4)c3c2)cc1. The molecule has 0 unspecified atom stereocenters. The van der Waals surface area contributed by atoms with Crippen LogP contribution >= 0.6 is 0 Å². The number of benzene rings is 9. The van der Waals surface area contributed by atoms with Gasteiger partial charge < -0.3 is 4.42 Å². The zero-order valence-electron chi connectivity index (χ0n) is 26.7. The smallest absolute Gasteiger partial charge is 0.143 e. The fourth-order valence-corrected chi connectivity index (χ4v) is 7.90. The molecule has 1 nitrogen and oxygen atoms in total. The van der Waals surface area contributed by atoms with Gasteiger partial charge in [0.2, 0.25) is 0 Å². The first-order chi connectivity index (χ1) is 24.3. The van der Waals surface area contributed by atoms with E-state index in [-0.39, 0.29) is 0 Å². The third kappa shape index (κ3) is 4.33. The Morgan fingerprint density at radius 2 is 0.878 bits per heavy atom. The van der Waals surface area contributed by atoms with Gasteiger partial charge in [-0.3, -0.25) is 0 Å². The second-order valence-electron chi connectivity index (χ2n) is 12.8. The van der Waals surface area contributed by atoms with Crippen LogP contribution in [0.1, 0.15) is 0 Å². The summed E-state index contributed by atoms with van der Waals surface area (Å²) in [5.74, 6) is 0. The molecule has 0 aliphatic carbocycles. The average molecular weight is 623 g/mol. The molecule has 9 aromatic carbocycles. The van der Waals surface area contributed by atoms with Gasteiger partial charge in [-0.05, 0) is 89.6 Å². The lowest BCUT2D eigenvalue weighted by Crippen LogP contribution is -1.93. The molecule has 0 radical (unpaired) electrons. The largest absolute Gasteiger partial charge is 0.455 e. The molecule has 0 N–H and O–H groups in total. The van der Waals surface area contributed by atoms with Crippen LogP contribution in [0.25, 0.3) is 98.8 Å². The molecule has 0 saturated carbocycles. The Kier molecular flexibility index (Phi) is 6.25. The summed E-state index contributed by atoms with van der Waals surface area (Å²) in [6.45, 7) is 0. The average Bonchev–Trinajstić information content (AvgIpc) is 3.57. The van der Waals surface area contributed by atoms with Gasteiger partial charge in [0.1, 0.15) is 11.2 Å². The fraction of sp³-hybridized carbons (Fsp3) is 0. The minimum atomic E-state index is 0.903. The second kappa shape index (κ2) is 11.1. The van der Waals surface area contributed by atoms with Gasteiger partial charge >= 0.3 is 0 Å². The van der Waals surface area contributed by atoms with Gasteiger partial charge in [-0.15, -0.1) is 0 Å². The number of rotatable bonds is 4. The summed E-state index contributed by atoms with van der Waals surface area (Å²) in [6, 6.07) is 65.7. The van der Waals surface area contributed by atoms with Gasteiger partial charge in [-0.2, -0.15) is 0 Å². The maximum atomic E-state index is 6.69. The van der Waals surface area contributed by atoms with Gasteiger partial charge in [0.15, 0.2) is 0 Å². The maximum Gasteiger partial charge on any atom is 0.143 e. The van der Waals surface area contributed by atoms with E-state index in [1.807, 2.05) is 0 Å². The van der Waals surface area contributed by atoms with Gasteiger partial charge in [-0.25, -0.2) is 0 Å². The summed E-state index contributed by atoms with van der Waals surface area (Å²) in [4.78, 5) is 0. The zero-order valence-corrected chi connectivity index (χ0v) is 26.7. The van der Waals surface area contributed by atoms with Crippen molar-refractivity contribution in [2.75, 3.05) is 0 Å². The van der Waals surface area contributed by atoms with E-state index in [1.165, 1.54) is 71.4 Å². The van der Waals surface area contributed by atoms with Gasteiger partial charge in [0, 0.05) is 16.2 Å². The summed E-state index contributed by atoms with van der Waals surface area (Å²) in [5, 5.41) is 9.52. The summed E-state index contributed by atoms with van der Waals surface area (Å²) in [5.41, 5.74) is 11.6. The highest BCUT2D eigenvalue weighted by molar-refractivity contribution is 6.27. The standard InChI is InChI=1S/C48H30O/c1-3-14-31(15-4-1)34-27-28-40-43(30-34)46(37-21-10-9-19-35(37)32-16-5-2-6-17-32)39-23-12-11-22-38(39)45(40)41-24-13-25-44-47(41)42-29-26-33-18-7-8-20-36(33)48(42)49-44/h1-30H. The highest BCUT2D eigenvalue weighted by Crippen LogP contribution is 2.49. The van der Waals surface area contributed by atoms with Crippen LogP contribution in [0.2, 0.25) is 0 Å². The first kappa shape index (κ1) is 27.7. The van der Waals surface area contributed by atoms with Gasteiger partial charge in [0.25, 0.3) is 0 Å². The molecule has 228 valence electrons. The van der Waals surface area contributed by atoms with Gasteiger partial charge in [-0.1, -0.05) is 164 Å². The Morgan fingerprint density at radius 3 is 1.65 bits per heavy atom. The summed E-state index contributed by atoms with van der Waals surface area (Å²) in [6.07, 6.45) is 0. The molecule has 0 aliphatic heterocycles. The fourth-order valence-electron chi connectivity index (χ4n) is 7.90. The Labute approximate surface area is 284 Å². The highest BCUT2D eigenvalue weighted by atomic mass is 16.3. The van der Waals surface area contributed by atoms with Crippen molar-refractivity contribution in [3.63, 3.8) is 0 Å². The lowest BCUT2D eigenvalue weighted by molar-refractivity contribution is 0.673. The molecule has 0 aliphatic rings. The molecule has 0 atom stereocenters. The Hall–Kier alpha value is -6.44. The normalized spacial score (nSPS) is 11.7. The molecule has 10 rings (SSSR count). The van der Waals surface area contributed by atoms with Crippen molar-refractivity contribution in [3.8, 4) is 44.5 Å². The lowest BCUT2D eigenvalue weighted by Gasteiger charge is -2.21. The van der Waals surface area contributed by atoms with Crippen LogP contribution in [-0.2, 0) is 0 Å². The first-order valence-corrected chi connectivity index (χ1v) is 16.9. The van der Waals surface area contributed by atoms with E-state index in [9.17, 15) is 0 Å². The number of furan rings is 1. The summed E-state index contributed by atoms with van der Waals surface area (Å²) in [7, 11) is 0. The van der Waals surface area contributed by atoms with Crippen LogP contribution in [0.5, 0.6) is 0 Å². The molecule has 1 heteroatoms. The van der Waals surface area contributed by atoms with Crippen molar-refractivity contribution < 1.29 is 4.42 Å². The summed E-state index contributed by atoms with van der Waals surface area (Å²) >= 11 is 0. The zero-order chi connectivity index (χ0) is 32.3. The Bertz CT molecular complexity index is 2860. The number of hydrogen-bond donors (Lipinski definition) is 0. The molecule has 1 aromatic heterocycles. The number of fused-ring (bicyclic) bond motifs is 7. The van der Waals surface area contributed by atoms with E-state index in [4.69, 9.17) is 4.42 Å². The van der Waals surface area contributed by atoms with E-state index in [2.05, 4.69) is 182 Å². The highest BCUT2D eigenvalue weighted by Gasteiger charge is 2.22. The quantitative estimate of drug-likeness (QED) is 0.178. The number of hydrogen-bond acceptors (Lipinski definition) is 1. The topological polar surface area (TPSA) is 13.1 Å². The van der Waals surface area contributed by atoms with E-state index in [0.29, 0.717) is 0 Å². The van der Waals surface area contributed by atoms with Crippen molar-refractivity contribution >= 4 is 54.3 Å². The molecule has 0 spiro atoms. The molecular formula is C48H30O. The molecule has 0 saturated heterocycles. The van der Waals surface area contributed by atoms with E-state index < -0.39 is 0 Å². The third-order valence-corrected chi connectivity index (χ3v) is 10.1. The molecule has 0 bridgehead atoms. The van der Waals surface area contributed by atoms with Crippen molar-refractivity contribution in [3.05, 3.63) is 182 Å². The van der Waals surface area contributed by atoms with E-state index in [0.717, 1.165) is 27.3 Å². The molecule has 1 heterocycles. The van der Waals surface area contributed by atoms with Crippen LogP contribution < -0.4 is 0 Å². The van der Waals surface area contributed by atoms with Gasteiger partial charge in [0.05, 0.1) is 0 Å². The van der Waals surface area contributed by atoms with Crippen molar-refractivity contribution in [1.29, 1.82) is 0 Å². The first-order valence-electron chi connectivity index (χ1n) is 16.9. The van der Waals surface area contributed by atoms with Crippen LogP contribution in [-0.4, -0.2) is 0 Å². The van der Waals surface area contributed by atoms with Crippen molar-refractivity contribution in [1.82, 2.24) is 0 Å². The third-order valence-electron chi connectivity index (χ3n) is 10.1. The predicted octanol–water partition coefficient (Wildman–Crippen LogP) is 13.7. The van der Waals surface area contributed by atoms with Crippen molar-refractivity contribution in [2.24, 2.45) is 0 Å². The summed E-state index contributed by atoms with van der Waals surface area (Å²) < 4.78 is 6.69. The predicted molar refractivity (Wildman–Crippen MR) is 208 cm³/mol. The molecular weight excluding hydrogens is 593 g/mol.